The lowest BCUT2D eigenvalue weighted by atomic mass is 9.48. The lowest BCUT2D eigenvalue weighted by Crippen LogP contribution is -2.70. The fraction of sp³-hybridized carbons (Fsp3) is 0.510. The van der Waals surface area contributed by atoms with Gasteiger partial charge in [-0.05, 0) is 168 Å². The molecule has 2 N–H and O–H groups in total. The van der Waals surface area contributed by atoms with Gasteiger partial charge in [-0.15, -0.1) is 0 Å². The van der Waals surface area contributed by atoms with Crippen LogP contribution >= 0.6 is 0 Å². The molecule has 1 aromatic heterocycles. The van der Waals surface area contributed by atoms with E-state index >= 15 is 0 Å². The van der Waals surface area contributed by atoms with Gasteiger partial charge in [0.05, 0.1) is 31.2 Å². The number of carboxylic acids is 1. The Hall–Kier alpha value is -5.27. The van der Waals surface area contributed by atoms with Crippen molar-refractivity contribution in [2.45, 2.75) is 76.8 Å². The minimum Gasteiger partial charge on any atom is -0.496 e. The number of rotatable bonds is 19. The van der Waals surface area contributed by atoms with E-state index in [4.69, 9.17) is 14.6 Å². The van der Waals surface area contributed by atoms with Gasteiger partial charge in [-0.1, -0.05) is 32.0 Å². The van der Waals surface area contributed by atoms with Crippen LogP contribution in [-0.2, 0) is 11.3 Å². The summed E-state index contributed by atoms with van der Waals surface area (Å²) in [7, 11) is 9.14. The van der Waals surface area contributed by atoms with Crippen LogP contribution in [0.5, 0.6) is 11.5 Å². The molecule has 4 fully saturated rings. The maximum atomic E-state index is 14.4. The highest BCUT2D eigenvalue weighted by molar-refractivity contribution is 5.98. The van der Waals surface area contributed by atoms with Gasteiger partial charge >= 0.3 is 5.97 Å². The first-order valence-corrected chi connectivity index (χ1v) is 22.1. The van der Waals surface area contributed by atoms with E-state index in [2.05, 4.69) is 43.1 Å². The summed E-state index contributed by atoms with van der Waals surface area (Å²) in [4.78, 5) is 47.8. The first-order valence-electron chi connectivity index (χ1n) is 22.1. The molecule has 1 heterocycles. The molecule has 4 aliphatic rings. The molecule has 332 valence electrons. The predicted octanol–water partition coefficient (Wildman–Crippen LogP) is 7.74. The average molecular weight is 851 g/mol. The van der Waals surface area contributed by atoms with Gasteiger partial charge < -0.3 is 34.6 Å². The third-order valence-corrected chi connectivity index (χ3v) is 13.7. The summed E-state index contributed by atoms with van der Waals surface area (Å²) in [5.41, 5.74) is 3.01. The number of aromatic nitrogens is 2. The van der Waals surface area contributed by atoms with Crippen LogP contribution in [0.15, 0.2) is 66.7 Å². The molecule has 12 nitrogen and oxygen atoms in total. The van der Waals surface area contributed by atoms with Crippen molar-refractivity contribution >= 4 is 17.8 Å². The van der Waals surface area contributed by atoms with E-state index in [1.54, 1.807) is 35.9 Å². The van der Waals surface area contributed by atoms with Crippen LogP contribution in [0.2, 0.25) is 0 Å². The van der Waals surface area contributed by atoms with Crippen LogP contribution in [-0.4, -0.2) is 114 Å². The molecule has 0 radical (unpaired) electrons. The number of hydrogen-bond acceptors (Lipinski definition) is 8. The summed E-state index contributed by atoms with van der Waals surface area (Å²) in [5.74, 6) is -0.0273. The van der Waals surface area contributed by atoms with Crippen molar-refractivity contribution in [1.82, 2.24) is 29.8 Å². The quantitative estimate of drug-likeness (QED) is 0.0974. The van der Waals surface area contributed by atoms with E-state index in [9.17, 15) is 23.9 Å². The Morgan fingerprint density at radius 1 is 0.839 bits per heavy atom. The molecule has 4 aliphatic carbocycles. The average Bonchev–Trinajstić information content (AvgIpc) is 3.69. The molecule has 0 saturated heterocycles. The molecule has 4 bridgehead atoms. The molecule has 0 spiro atoms. The Balaban J connectivity index is 1.08. The Kier molecular flexibility index (Phi) is 13.7. The van der Waals surface area contributed by atoms with Gasteiger partial charge in [-0.3, -0.25) is 9.59 Å². The fourth-order valence-corrected chi connectivity index (χ4v) is 10.7. The Morgan fingerprint density at radius 3 is 2.02 bits per heavy atom. The summed E-state index contributed by atoms with van der Waals surface area (Å²) in [6.45, 7) is 8.14. The van der Waals surface area contributed by atoms with Gasteiger partial charge in [0.25, 0.3) is 11.8 Å². The minimum atomic E-state index is -1.34. The number of ether oxygens (including phenoxy) is 2. The summed E-state index contributed by atoms with van der Waals surface area (Å²) < 4.78 is 26.6. The number of aliphatic carboxylic acids is 1. The molecular weight excluding hydrogens is 788 g/mol. The van der Waals surface area contributed by atoms with Crippen LogP contribution in [0, 0.1) is 29.5 Å². The zero-order valence-electron chi connectivity index (χ0n) is 37.3. The van der Waals surface area contributed by atoms with Crippen LogP contribution in [0.25, 0.3) is 16.9 Å². The maximum Gasteiger partial charge on any atom is 0.330 e. The number of amides is 2. The van der Waals surface area contributed by atoms with Crippen LogP contribution in [0.3, 0.4) is 0 Å². The van der Waals surface area contributed by atoms with E-state index < -0.39 is 17.4 Å². The molecule has 8 rings (SSSR count). The van der Waals surface area contributed by atoms with Crippen LogP contribution in [0.4, 0.5) is 4.39 Å². The highest BCUT2D eigenvalue weighted by Gasteiger charge is 2.62. The molecule has 3 aromatic carbocycles. The van der Waals surface area contributed by atoms with E-state index in [0.717, 1.165) is 82.3 Å². The van der Waals surface area contributed by atoms with E-state index in [-0.39, 0.29) is 35.2 Å². The molecule has 4 saturated carbocycles. The van der Waals surface area contributed by atoms with Crippen LogP contribution in [0.1, 0.15) is 96.7 Å². The number of nitrogens with one attached hydrogen (secondary N) is 1. The summed E-state index contributed by atoms with van der Waals surface area (Å²) in [6.07, 6.45) is 6.21. The molecule has 2 amide bonds. The second-order valence-corrected chi connectivity index (χ2v) is 18.3. The number of nitrogens with zero attached hydrogens (tertiary/aromatic N) is 5. The van der Waals surface area contributed by atoms with Crippen molar-refractivity contribution in [2.24, 2.45) is 23.7 Å². The Labute approximate surface area is 365 Å². The van der Waals surface area contributed by atoms with Crippen LogP contribution < -0.4 is 14.8 Å². The SMILES string of the molecule is COc1cccc(OC)c1-c1cc(C(=O)NC2(C(=O)O)C3CC4CC(C3)CC2C4)nn1-c1ccc(C(=O)N(C)CCCN(C)CCCN(C)Cc2ccc(F)cc2)cc1C(C)C. The Bertz CT molecular complexity index is 2190. The number of benzene rings is 3. The van der Waals surface area contributed by atoms with E-state index in [1.165, 1.54) is 12.1 Å². The zero-order valence-corrected chi connectivity index (χ0v) is 37.3. The summed E-state index contributed by atoms with van der Waals surface area (Å²) in [6, 6.07) is 19.4. The molecule has 0 atom stereocenters. The molecule has 0 aliphatic heterocycles. The van der Waals surface area contributed by atoms with Gasteiger partial charge in [-0.2, -0.15) is 5.10 Å². The van der Waals surface area contributed by atoms with E-state index in [0.29, 0.717) is 52.4 Å². The van der Waals surface area contributed by atoms with E-state index in [1.807, 2.05) is 49.5 Å². The first kappa shape index (κ1) is 44.8. The number of methoxy groups -OCH3 is 2. The Morgan fingerprint density at radius 2 is 1.44 bits per heavy atom. The molecule has 13 heteroatoms. The van der Waals surface area contributed by atoms with Gasteiger partial charge in [-0.25, -0.2) is 13.9 Å². The molecule has 4 aromatic rings. The highest BCUT2D eigenvalue weighted by Crippen LogP contribution is 2.58. The topological polar surface area (TPSA) is 129 Å². The normalized spacial score (nSPS) is 21.5. The third kappa shape index (κ3) is 9.25. The minimum absolute atomic E-state index is 0.0383. The number of carbonyl (C=O) groups is 3. The largest absolute Gasteiger partial charge is 0.496 e. The monoisotopic (exact) mass is 850 g/mol. The van der Waals surface area contributed by atoms with Gasteiger partial charge in [0.2, 0.25) is 0 Å². The lowest BCUT2D eigenvalue weighted by molar-refractivity contribution is -0.163. The fourth-order valence-electron chi connectivity index (χ4n) is 10.7. The highest BCUT2D eigenvalue weighted by atomic mass is 19.1. The second kappa shape index (κ2) is 19.0. The number of halogens is 1. The number of carbonyl (C=O) groups excluding carboxylic acids is 2. The van der Waals surface area contributed by atoms with Gasteiger partial charge in [0.15, 0.2) is 5.69 Å². The summed E-state index contributed by atoms with van der Waals surface area (Å²) in [5, 5.41) is 18.8. The standard InChI is InChI=1S/C49H63FN6O6/c1-31(2)39-28-35(47(58)55(5)22-10-20-53(3)19-9-21-54(4)30-32-13-16-38(50)17-14-32)15-18-41(39)56-42(45-43(61-6)11-8-12-44(45)62-7)29-40(52-56)46(57)51-49(48(59)60)36-24-33-23-34(26-36)27-37(49)25-33/h8,11-18,28-29,31,33-34,36-37H,9-10,19-27,30H2,1-7H3,(H,51,57)(H,59,60). The predicted molar refractivity (Wildman–Crippen MR) is 237 cm³/mol. The summed E-state index contributed by atoms with van der Waals surface area (Å²) >= 11 is 0. The second-order valence-electron chi connectivity index (χ2n) is 18.3. The number of carboxylic acid groups (broad SMARTS) is 1. The van der Waals surface area contributed by atoms with Gasteiger partial charge in [0, 0.05) is 25.7 Å². The first-order chi connectivity index (χ1) is 29.7. The lowest BCUT2D eigenvalue weighted by Gasteiger charge is -2.59. The number of hydrogen-bond donors (Lipinski definition) is 2. The van der Waals surface area contributed by atoms with Gasteiger partial charge in [0.1, 0.15) is 22.9 Å². The maximum absolute atomic E-state index is 14.4. The van der Waals surface area contributed by atoms with Crippen molar-refractivity contribution in [3.05, 3.63) is 94.9 Å². The smallest absolute Gasteiger partial charge is 0.330 e. The molecule has 0 unspecified atom stereocenters. The van der Waals surface area contributed by atoms with Crippen molar-refractivity contribution in [2.75, 3.05) is 61.5 Å². The van der Waals surface area contributed by atoms with Crippen molar-refractivity contribution in [3.63, 3.8) is 0 Å². The van der Waals surface area contributed by atoms with Crippen molar-refractivity contribution in [1.29, 1.82) is 0 Å². The molecular formula is C49H63FN6O6. The molecule has 62 heavy (non-hydrogen) atoms. The van der Waals surface area contributed by atoms with Crippen molar-refractivity contribution in [3.8, 4) is 28.4 Å². The van der Waals surface area contributed by atoms with Crippen molar-refractivity contribution < 1.29 is 33.4 Å². The zero-order chi connectivity index (χ0) is 44.3. The third-order valence-electron chi connectivity index (χ3n) is 13.7.